The second-order valence-electron chi connectivity index (χ2n) is 5.99. The summed E-state index contributed by atoms with van der Waals surface area (Å²) in [6, 6.07) is 11.8. The zero-order valence-electron chi connectivity index (χ0n) is 15.0. The number of likely N-dealkylation sites (tertiary alicyclic amines) is 1. The lowest BCUT2D eigenvalue weighted by Crippen LogP contribution is -2.29. The molecule has 25 heavy (non-hydrogen) atoms. The zero-order chi connectivity index (χ0) is 18.2. The van der Waals surface area contributed by atoms with Gasteiger partial charge in [0, 0.05) is 12.1 Å². The van der Waals surface area contributed by atoms with Crippen LogP contribution in [0.15, 0.2) is 42.5 Å². The molecule has 0 atom stereocenters. The molecule has 0 saturated carbocycles. The van der Waals surface area contributed by atoms with Gasteiger partial charge < -0.3 is 10.2 Å². The molecule has 2 aromatic carbocycles. The predicted molar refractivity (Wildman–Crippen MR) is 100 cm³/mol. The van der Waals surface area contributed by atoms with E-state index in [9.17, 15) is 15.0 Å². The number of piperidine rings is 1. The lowest BCUT2D eigenvalue weighted by atomic mass is 9.98. The highest BCUT2D eigenvalue weighted by molar-refractivity contribution is 6.11. The van der Waals surface area contributed by atoms with E-state index < -0.39 is 0 Å². The van der Waals surface area contributed by atoms with Crippen molar-refractivity contribution in [2.45, 2.75) is 39.7 Å². The van der Waals surface area contributed by atoms with Gasteiger partial charge in [-0.15, -0.1) is 0 Å². The van der Waals surface area contributed by atoms with Crippen LogP contribution in [0.5, 0.6) is 11.5 Å². The predicted octanol–water partition coefficient (Wildman–Crippen LogP) is 4.34. The van der Waals surface area contributed by atoms with Crippen LogP contribution in [0.3, 0.4) is 0 Å². The first kappa shape index (κ1) is 19.0. The number of phenolic OH excluding ortho intramolecular Hbond substituents is 2. The van der Waals surface area contributed by atoms with Crippen molar-refractivity contribution in [1.29, 1.82) is 0 Å². The monoisotopic (exact) mass is 341 g/mol. The molecule has 2 N–H and O–H groups in total. The molecule has 1 saturated heterocycles. The van der Waals surface area contributed by atoms with Crippen molar-refractivity contribution >= 4 is 5.78 Å². The Morgan fingerprint density at radius 1 is 0.960 bits per heavy atom. The van der Waals surface area contributed by atoms with Gasteiger partial charge in [0.05, 0.1) is 11.1 Å². The van der Waals surface area contributed by atoms with Gasteiger partial charge in [-0.1, -0.05) is 50.6 Å². The Morgan fingerprint density at radius 2 is 1.60 bits per heavy atom. The summed E-state index contributed by atoms with van der Waals surface area (Å²) in [6.07, 6.45) is 3.48. The highest BCUT2D eigenvalue weighted by Crippen LogP contribution is 2.33. The molecule has 1 aliphatic rings. The first-order valence-electron chi connectivity index (χ1n) is 9.02. The first-order valence-corrected chi connectivity index (χ1v) is 9.02. The molecule has 4 heteroatoms. The SMILES string of the molecule is CC.O=C(c1ccccc1)c1ccc(O)c(CN2CCCCC2)c1O. The first-order chi connectivity index (χ1) is 12.2. The van der Waals surface area contributed by atoms with Crippen LogP contribution < -0.4 is 0 Å². The highest BCUT2D eigenvalue weighted by Gasteiger charge is 2.21. The topological polar surface area (TPSA) is 60.8 Å². The third-order valence-electron chi connectivity index (χ3n) is 4.37. The molecular formula is C21H27NO3. The maximum atomic E-state index is 12.6. The standard InChI is InChI=1S/C19H21NO3.C2H6/c21-17-10-9-15(18(22)14-7-3-1-4-8-14)19(23)16(17)13-20-11-5-2-6-12-20;1-2/h1,3-4,7-10,21,23H,2,5-6,11-13H2;1-2H3. The summed E-state index contributed by atoms with van der Waals surface area (Å²) in [7, 11) is 0. The Labute approximate surface area is 149 Å². The van der Waals surface area contributed by atoms with E-state index in [2.05, 4.69) is 4.90 Å². The molecule has 0 aliphatic carbocycles. The summed E-state index contributed by atoms with van der Waals surface area (Å²) in [5, 5.41) is 20.6. The normalized spacial score (nSPS) is 14.5. The van der Waals surface area contributed by atoms with Gasteiger partial charge >= 0.3 is 0 Å². The fourth-order valence-corrected chi connectivity index (χ4v) is 3.05. The van der Waals surface area contributed by atoms with Crippen LogP contribution in [0, 0.1) is 0 Å². The number of hydrogen-bond acceptors (Lipinski definition) is 4. The summed E-state index contributed by atoms with van der Waals surface area (Å²) in [5.74, 6) is -0.301. The number of carbonyl (C=O) groups excluding carboxylic acids is 1. The molecule has 0 bridgehead atoms. The van der Waals surface area contributed by atoms with E-state index in [1.54, 1.807) is 24.3 Å². The van der Waals surface area contributed by atoms with Gasteiger partial charge in [-0.05, 0) is 38.1 Å². The van der Waals surface area contributed by atoms with Crippen molar-refractivity contribution < 1.29 is 15.0 Å². The smallest absolute Gasteiger partial charge is 0.196 e. The molecule has 0 amide bonds. The van der Waals surface area contributed by atoms with Crippen LogP contribution in [0.25, 0.3) is 0 Å². The van der Waals surface area contributed by atoms with Gasteiger partial charge in [0.25, 0.3) is 0 Å². The third kappa shape index (κ3) is 4.60. The van der Waals surface area contributed by atoms with Crippen molar-refractivity contribution in [3.05, 3.63) is 59.2 Å². The average Bonchev–Trinajstić information content (AvgIpc) is 2.68. The molecule has 134 valence electrons. The zero-order valence-corrected chi connectivity index (χ0v) is 15.0. The van der Waals surface area contributed by atoms with Crippen molar-refractivity contribution in [1.82, 2.24) is 4.90 Å². The van der Waals surface area contributed by atoms with E-state index in [1.807, 2.05) is 19.9 Å². The van der Waals surface area contributed by atoms with E-state index >= 15 is 0 Å². The average molecular weight is 341 g/mol. The number of hydrogen-bond donors (Lipinski definition) is 2. The fourth-order valence-electron chi connectivity index (χ4n) is 3.05. The Balaban J connectivity index is 0.00000109. The van der Waals surface area contributed by atoms with Crippen molar-refractivity contribution in [2.75, 3.05) is 13.1 Å². The summed E-state index contributed by atoms with van der Waals surface area (Å²) >= 11 is 0. The van der Waals surface area contributed by atoms with Gasteiger partial charge in [0.1, 0.15) is 11.5 Å². The number of nitrogens with zero attached hydrogens (tertiary/aromatic N) is 1. The number of rotatable bonds is 4. The molecule has 0 radical (unpaired) electrons. The minimum absolute atomic E-state index is 0.0395. The molecule has 0 spiro atoms. The maximum absolute atomic E-state index is 12.6. The van der Waals surface area contributed by atoms with Crippen LogP contribution in [0.2, 0.25) is 0 Å². The van der Waals surface area contributed by atoms with E-state index in [0.717, 1.165) is 25.9 Å². The molecule has 0 unspecified atom stereocenters. The van der Waals surface area contributed by atoms with Crippen LogP contribution in [0.1, 0.15) is 54.6 Å². The fraction of sp³-hybridized carbons (Fsp3) is 0.381. The summed E-state index contributed by atoms with van der Waals surface area (Å²) in [4.78, 5) is 14.8. The van der Waals surface area contributed by atoms with Gasteiger partial charge in [-0.25, -0.2) is 0 Å². The minimum atomic E-state index is -0.233. The van der Waals surface area contributed by atoms with Gasteiger partial charge in [0.15, 0.2) is 5.78 Å². The lowest BCUT2D eigenvalue weighted by molar-refractivity contribution is 0.103. The van der Waals surface area contributed by atoms with Gasteiger partial charge in [-0.3, -0.25) is 9.69 Å². The van der Waals surface area contributed by atoms with Gasteiger partial charge in [-0.2, -0.15) is 0 Å². The molecule has 1 fully saturated rings. The van der Waals surface area contributed by atoms with E-state index in [1.165, 1.54) is 18.6 Å². The lowest BCUT2D eigenvalue weighted by Gasteiger charge is -2.27. The number of phenols is 2. The van der Waals surface area contributed by atoms with Crippen molar-refractivity contribution in [2.24, 2.45) is 0 Å². The van der Waals surface area contributed by atoms with E-state index in [-0.39, 0.29) is 22.8 Å². The molecule has 0 aromatic heterocycles. The van der Waals surface area contributed by atoms with Gasteiger partial charge in [0.2, 0.25) is 0 Å². The Bertz CT molecular complexity index is 692. The summed E-state index contributed by atoms with van der Waals surface area (Å²) < 4.78 is 0. The third-order valence-corrected chi connectivity index (χ3v) is 4.37. The van der Waals surface area contributed by atoms with Crippen LogP contribution in [-0.4, -0.2) is 34.0 Å². The Kier molecular flexibility index (Phi) is 7.02. The highest BCUT2D eigenvalue weighted by atomic mass is 16.3. The Hall–Kier alpha value is -2.33. The number of benzene rings is 2. The largest absolute Gasteiger partial charge is 0.507 e. The summed E-state index contributed by atoms with van der Waals surface area (Å²) in [6.45, 7) is 6.37. The second-order valence-corrected chi connectivity index (χ2v) is 5.99. The van der Waals surface area contributed by atoms with Crippen molar-refractivity contribution in [3.8, 4) is 11.5 Å². The molecule has 3 rings (SSSR count). The van der Waals surface area contributed by atoms with Crippen LogP contribution in [-0.2, 0) is 6.54 Å². The molecule has 1 heterocycles. The molecule has 4 nitrogen and oxygen atoms in total. The van der Waals surface area contributed by atoms with E-state index in [4.69, 9.17) is 0 Å². The number of ketones is 1. The minimum Gasteiger partial charge on any atom is -0.507 e. The van der Waals surface area contributed by atoms with Crippen LogP contribution >= 0.6 is 0 Å². The number of aromatic hydroxyl groups is 2. The quantitative estimate of drug-likeness (QED) is 0.812. The molecule has 2 aromatic rings. The summed E-state index contributed by atoms with van der Waals surface area (Å²) in [5.41, 5.74) is 1.20. The molecular weight excluding hydrogens is 314 g/mol. The number of carbonyl (C=O) groups is 1. The Morgan fingerprint density at radius 3 is 2.24 bits per heavy atom. The van der Waals surface area contributed by atoms with Crippen LogP contribution in [0.4, 0.5) is 0 Å². The second kappa shape index (κ2) is 9.23. The van der Waals surface area contributed by atoms with E-state index in [0.29, 0.717) is 17.7 Å². The van der Waals surface area contributed by atoms with Crippen molar-refractivity contribution in [3.63, 3.8) is 0 Å². The molecule has 1 aliphatic heterocycles. The maximum Gasteiger partial charge on any atom is 0.196 e.